The lowest BCUT2D eigenvalue weighted by Gasteiger charge is -2.21. The molecule has 1 aliphatic rings. The lowest BCUT2D eigenvalue weighted by molar-refractivity contribution is -0.609. The summed E-state index contributed by atoms with van der Waals surface area (Å²) in [6, 6.07) is 33.0. The number of fused-ring (bicyclic) bond motifs is 1. The van der Waals surface area contributed by atoms with E-state index in [1.807, 2.05) is 11.8 Å². The highest BCUT2D eigenvalue weighted by Gasteiger charge is 2.25. The second kappa shape index (κ2) is 11.0. The minimum absolute atomic E-state index is 0. The predicted octanol–water partition coefficient (Wildman–Crippen LogP) is 4.82. The lowest BCUT2D eigenvalue weighted by atomic mass is 10.0. The quantitative estimate of drug-likeness (QED) is 0.243. The molecule has 0 aliphatic carbocycles. The van der Waals surface area contributed by atoms with E-state index in [0.29, 0.717) is 5.92 Å². The van der Waals surface area contributed by atoms with Crippen molar-refractivity contribution in [3.8, 4) is 5.69 Å². The number of aryl methyl sites for hydroxylation is 2. The first-order valence-electron chi connectivity index (χ1n) is 11.9. The summed E-state index contributed by atoms with van der Waals surface area (Å²) in [6.07, 6.45) is 2.33. The topological polar surface area (TPSA) is 7.12 Å². The summed E-state index contributed by atoms with van der Waals surface area (Å²) in [4.78, 5) is 3.75. The van der Waals surface area contributed by atoms with Gasteiger partial charge in [0, 0.05) is 49.6 Å². The van der Waals surface area contributed by atoms with Crippen LogP contribution in [0.25, 0.3) is 11.8 Å². The highest BCUT2D eigenvalue weighted by atomic mass is 127. The molecule has 0 radical (unpaired) electrons. The fourth-order valence-electron chi connectivity index (χ4n) is 4.66. The zero-order valence-electron chi connectivity index (χ0n) is 20.7. The Balaban J connectivity index is 0.00000289. The van der Waals surface area contributed by atoms with Crippen molar-refractivity contribution < 1.29 is 28.5 Å². The molecule has 0 unspecified atom stereocenters. The fourth-order valence-corrected chi connectivity index (χ4v) is 5.79. The highest BCUT2D eigenvalue weighted by Crippen LogP contribution is 2.47. The van der Waals surface area contributed by atoms with Gasteiger partial charge in [0.15, 0.2) is 11.4 Å². The SMILES string of the molecule is Cc1cc(/C=C2\Sc3ccccc3N2Cc2ccccc2)cc(C)[n+]1-c1ccc(C(C)C)cc1.[I-]. The first kappa shape index (κ1) is 25.5. The molecule has 0 saturated heterocycles. The Morgan fingerprint density at radius 1 is 0.829 bits per heavy atom. The molecule has 2 heterocycles. The number of benzene rings is 3. The average Bonchev–Trinajstić information content (AvgIpc) is 3.16. The second-order valence-electron chi connectivity index (χ2n) is 9.28. The van der Waals surface area contributed by atoms with Crippen LogP contribution in [0.1, 0.15) is 47.8 Å². The van der Waals surface area contributed by atoms with Gasteiger partial charge in [0.25, 0.3) is 0 Å². The van der Waals surface area contributed by atoms with Gasteiger partial charge in [-0.25, -0.2) is 0 Å². The molecule has 4 heteroatoms. The summed E-state index contributed by atoms with van der Waals surface area (Å²) in [7, 11) is 0. The smallest absolute Gasteiger partial charge is 0.211 e. The van der Waals surface area contributed by atoms with Crippen LogP contribution in [0.15, 0.2) is 101 Å². The zero-order valence-corrected chi connectivity index (χ0v) is 23.7. The summed E-state index contributed by atoms with van der Waals surface area (Å²) in [5.41, 5.74) is 8.89. The lowest BCUT2D eigenvalue weighted by Crippen LogP contribution is -3.00. The molecule has 0 bridgehead atoms. The molecule has 0 N–H and O–H groups in total. The summed E-state index contributed by atoms with van der Waals surface area (Å²) in [6.45, 7) is 9.74. The first-order chi connectivity index (χ1) is 16.5. The Morgan fingerprint density at radius 2 is 1.46 bits per heavy atom. The number of nitrogens with zero attached hydrogens (tertiary/aromatic N) is 2. The molecule has 1 aliphatic heterocycles. The predicted molar refractivity (Wildman–Crippen MR) is 144 cm³/mol. The summed E-state index contributed by atoms with van der Waals surface area (Å²) in [5.74, 6) is 0.544. The Kier molecular flexibility index (Phi) is 8.02. The largest absolute Gasteiger partial charge is 1.00 e. The van der Waals surface area contributed by atoms with Gasteiger partial charge in [0.05, 0.1) is 10.7 Å². The second-order valence-corrected chi connectivity index (χ2v) is 10.3. The maximum absolute atomic E-state index is 2.44. The van der Waals surface area contributed by atoms with Gasteiger partial charge in [-0.1, -0.05) is 80.2 Å². The molecule has 1 aromatic heterocycles. The molecule has 0 saturated carbocycles. The Hall–Kier alpha value is -2.57. The van der Waals surface area contributed by atoms with Crippen LogP contribution in [0.2, 0.25) is 0 Å². The molecule has 0 fully saturated rings. The number of thioether (sulfide) groups is 1. The van der Waals surface area contributed by atoms with E-state index in [2.05, 4.69) is 134 Å². The molecular weight excluding hydrogens is 559 g/mol. The Morgan fingerprint density at radius 3 is 2.11 bits per heavy atom. The van der Waals surface area contributed by atoms with Crippen LogP contribution in [-0.4, -0.2) is 0 Å². The highest BCUT2D eigenvalue weighted by molar-refractivity contribution is 8.03. The standard InChI is InChI=1S/C31H31N2S.HI/c1-22(2)27-14-16-28(17-15-27)33-23(3)18-26(19-24(33)4)20-31-32(21-25-10-6-5-7-11-25)29-12-8-9-13-30(29)34-31;/h5-20,22H,21H2,1-4H3;1H/q+1;/p-1. The molecule has 2 nitrogen and oxygen atoms in total. The van der Waals surface area contributed by atoms with E-state index in [1.54, 1.807) is 0 Å². The number of aromatic nitrogens is 1. The van der Waals surface area contributed by atoms with Crippen molar-refractivity contribution in [1.82, 2.24) is 0 Å². The molecule has 3 aromatic carbocycles. The maximum Gasteiger partial charge on any atom is 0.211 e. The first-order valence-corrected chi connectivity index (χ1v) is 12.7. The van der Waals surface area contributed by atoms with Crippen molar-refractivity contribution in [3.05, 3.63) is 124 Å². The monoisotopic (exact) mass is 590 g/mol. The maximum atomic E-state index is 2.44. The third kappa shape index (κ3) is 5.49. The zero-order chi connectivity index (χ0) is 23.7. The number of hydrogen-bond acceptors (Lipinski definition) is 2. The number of halogens is 1. The van der Waals surface area contributed by atoms with E-state index in [1.165, 1.54) is 49.4 Å². The average molecular weight is 591 g/mol. The van der Waals surface area contributed by atoms with Crippen molar-refractivity contribution in [2.75, 3.05) is 4.90 Å². The van der Waals surface area contributed by atoms with Crippen LogP contribution in [-0.2, 0) is 6.54 Å². The van der Waals surface area contributed by atoms with Crippen LogP contribution in [0.5, 0.6) is 0 Å². The Labute approximate surface area is 230 Å². The minimum Gasteiger partial charge on any atom is -1.00 e. The summed E-state index contributed by atoms with van der Waals surface area (Å²) >= 11 is 1.86. The fraction of sp³-hybridized carbons (Fsp3) is 0.194. The van der Waals surface area contributed by atoms with Gasteiger partial charge in [-0.2, -0.15) is 4.57 Å². The van der Waals surface area contributed by atoms with Crippen molar-refractivity contribution >= 4 is 23.5 Å². The van der Waals surface area contributed by atoms with Crippen molar-refractivity contribution in [2.24, 2.45) is 0 Å². The van der Waals surface area contributed by atoms with Gasteiger partial charge in [-0.15, -0.1) is 0 Å². The number of para-hydroxylation sites is 1. The van der Waals surface area contributed by atoms with Gasteiger partial charge in [0.2, 0.25) is 5.69 Å². The molecule has 4 aromatic rings. The number of hydrogen-bond donors (Lipinski definition) is 0. The van der Waals surface area contributed by atoms with Crippen LogP contribution >= 0.6 is 11.8 Å². The molecule has 0 spiro atoms. The summed E-state index contributed by atoms with van der Waals surface area (Å²) in [5, 5.41) is 1.27. The van der Waals surface area contributed by atoms with E-state index in [0.717, 1.165) is 6.54 Å². The molecule has 0 atom stereocenters. The third-order valence-electron chi connectivity index (χ3n) is 6.38. The van der Waals surface area contributed by atoms with Crippen molar-refractivity contribution in [3.63, 3.8) is 0 Å². The van der Waals surface area contributed by atoms with Gasteiger partial charge >= 0.3 is 0 Å². The van der Waals surface area contributed by atoms with Gasteiger partial charge in [-0.3, -0.25) is 0 Å². The van der Waals surface area contributed by atoms with Crippen LogP contribution in [0.4, 0.5) is 5.69 Å². The molecule has 5 rings (SSSR count). The van der Waals surface area contributed by atoms with Crippen LogP contribution in [0.3, 0.4) is 0 Å². The number of anilines is 1. The molecule has 0 amide bonds. The van der Waals surface area contributed by atoms with E-state index in [9.17, 15) is 0 Å². The van der Waals surface area contributed by atoms with E-state index in [-0.39, 0.29) is 24.0 Å². The van der Waals surface area contributed by atoms with Crippen molar-refractivity contribution in [1.29, 1.82) is 0 Å². The van der Waals surface area contributed by atoms with Crippen molar-refractivity contribution in [2.45, 2.75) is 45.1 Å². The van der Waals surface area contributed by atoms with Gasteiger partial charge in [-0.05, 0) is 40.8 Å². The molecule has 178 valence electrons. The third-order valence-corrected chi connectivity index (χ3v) is 7.50. The van der Waals surface area contributed by atoms with E-state index < -0.39 is 0 Å². The van der Waals surface area contributed by atoms with E-state index >= 15 is 0 Å². The van der Waals surface area contributed by atoms with Crippen LogP contribution < -0.4 is 33.4 Å². The normalized spacial score (nSPS) is 13.7. The minimum atomic E-state index is 0. The van der Waals surface area contributed by atoms with E-state index in [4.69, 9.17) is 0 Å². The summed E-state index contributed by atoms with van der Waals surface area (Å²) < 4.78 is 2.34. The molecule has 35 heavy (non-hydrogen) atoms. The van der Waals surface area contributed by atoms with Gasteiger partial charge < -0.3 is 28.9 Å². The number of pyridine rings is 1. The van der Waals surface area contributed by atoms with Gasteiger partial charge in [0.1, 0.15) is 0 Å². The molecular formula is C31H31IN2S. The Bertz CT molecular complexity index is 1320. The number of rotatable bonds is 5. The van der Waals surface area contributed by atoms with Crippen LogP contribution in [0, 0.1) is 13.8 Å².